The highest BCUT2D eigenvalue weighted by atomic mass is 32.2. The molecule has 0 radical (unpaired) electrons. The number of aromatic nitrogens is 1. The van der Waals surface area contributed by atoms with Crippen LogP contribution in [0.15, 0.2) is 56.6 Å². The number of rotatable bonds is 5. The van der Waals surface area contributed by atoms with Crippen molar-refractivity contribution in [1.82, 2.24) is 8.87 Å². The fourth-order valence-electron chi connectivity index (χ4n) is 3.87. The maximum Gasteiger partial charge on any atom is 0.420 e. The molecule has 1 aromatic heterocycles. The van der Waals surface area contributed by atoms with Crippen molar-refractivity contribution in [2.75, 3.05) is 18.4 Å². The number of alkyl halides is 3. The summed E-state index contributed by atoms with van der Waals surface area (Å²) in [6, 6.07) is 7.91. The van der Waals surface area contributed by atoms with Gasteiger partial charge < -0.3 is 9.73 Å². The van der Waals surface area contributed by atoms with Crippen molar-refractivity contribution in [3.63, 3.8) is 0 Å². The Hall–Kier alpha value is -3.12. The Morgan fingerprint density at radius 2 is 1.65 bits per heavy atom. The lowest BCUT2D eigenvalue weighted by atomic mass is 10.2. The highest BCUT2D eigenvalue weighted by Gasteiger charge is 2.30. The van der Waals surface area contributed by atoms with Gasteiger partial charge in [0.25, 0.3) is 0 Å². The first-order valence-corrected chi connectivity index (χ1v) is 12.1. The summed E-state index contributed by atoms with van der Waals surface area (Å²) in [5, 5.41) is 2.43. The number of fused-ring (bicyclic) bond motifs is 1. The Kier molecular flexibility index (Phi) is 6.54. The number of sulfonamides is 1. The van der Waals surface area contributed by atoms with Crippen molar-refractivity contribution in [2.45, 2.75) is 43.3 Å². The summed E-state index contributed by atoms with van der Waals surface area (Å²) < 4.78 is 71.7. The number of hydrogen-bond donors (Lipinski definition) is 1. The molecule has 0 aliphatic carbocycles. The average molecular weight is 497 g/mol. The Balaban J connectivity index is 1.53. The fourth-order valence-corrected chi connectivity index (χ4v) is 5.41. The number of benzene rings is 2. The molecular weight excluding hydrogens is 475 g/mol. The topological polar surface area (TPSA) is 102 Å². The monoisotopic (exact) mass is 497 g/mol. The summed E-state index contributed by atoms with van der Waals surface area (Å²) in [5.74, 6) is -1.52. The maximum atomic E-state index is 13.0. The van der Waals surface area contributed by atoms with Gasteiger partial charge in [-0.05, 0) is 49.2 Å². The minimum absolute atomic E-state index is 0.00277. The van der Waals surface area contributed by atoms with E-state index in [2.05, 4.69) is 5.32 Å². The summed E-state index contributed by atoms with van der Waals surface area (Å²) in [6.45, 7) is 0.385. The first-order chi connectivity index (χ1) is 16.1. The third kappa shape index (κ3) is 5.02. The normalized spacial score (nSPS) is 15.9. The molecule has 182 valence electrons. The molecule has 1 fully saturated rings. The third-order valence-corrected chi connectivity index (χ3v) is 7.53. The minimum atomic E-state index is -4.49. The third-order valence-electron chi connectivity index (χ3n) is 5.64. The summed E-state index contributed by atoms with van der Waals surface area (Å²) in [6.07, 6.45) is -0.998. The number of hydrogen-bond acceptors (Lipinski definition) is 5. The van der Waals surface area contributed by atoms with Gasteiger partial charge >= 0.3 is 11.9 Å². The van der Waals surface area contributed by atoms with Gasteiger partial charge in [0.15, 0.2) is 5.58 Å². The molecule has 12 heteroatoms. The largest absolute Gasteiger partial charge is 0.420 e. The Labute approximate surface area is 193 Å². The van der Waals surface area contributed by atoms with Crippen LogP contribution in [0.3, 0.4) is 0 Å². The van der Waals surface area contributed by atoms with E-state index in [0.29, 0.717) is 13.1 Å². The standard InChI is InChI=1S/C22H22F3N3O5S/c23-22(24,25)15-5-7-16(8-6-15)26-20(29)14-28-18-10-9-17(13-19(18)33-21(28)30)34(31,32)27-11-3-1-2-4-12-27/h5-10,13H,1-4,11-12,14H2,(H,26,29). The zero-order valence-corrected chi connectivity index (χ0v) is 18.8. The number of carbonyl (C=O) groups excluding carboxylic acids is 1. The number of carbonyl (C=O) groups is 1. The van der Waals surface area contributed by atoms with Crippen molar-refractivity contribution < 1.29 is 30.8 Å². The number of halogens is 3. The fraction of sp³-hybridized carbons (Fsp3) is 0.364. The summed E-state index contributed by atoms with van der Waals surface area (Å²) in [4.78, 5) is 24.7. The van der Waals surface area contributed by atoms with Gasteiger partial charge in [0.1, 0.15) is 6.54 Å². The lowest BCUT2D eigenvalue weighted by Gasteiger charge is -2.19. The molecule has 2 heterocycles. The first kappa shape index (κ1) is 24.0. The predicted molar refractivity (Wildman–Crippen MR) is 118 cm³/mol. The number of nitrogens with zero attached hydrogens (tertiary/aromatic N) is 2. The molecule has 1 aliphatic rings. The molecule has 4 rings (SSSR count). The second-order valence-electron chi connectivity index (χ2n) is 8.03. The highest BCUT2D eigenvalue weighted by molar-refractivity contribution is 7.89. The van der Waals surface area contributed by atoms with Crippen LogP contribution in [0.1, 0.15) is 31.2 Å². The van der Waals surface area contributed by atoms with Crippen molar-refractivity contribution in [3.05, 3.63) is 58.6 Å². The second kappa shape index (κ2) is 9.26. The molecule has 0 unspecified atom stereocenters. The lowest BCUT2D eigenvalue weighted by Crippen LogP contribution is -2.31. The van der Waals surface area contributed by atoms with E-state index < -0.39 is 40.0 Å². The van der Waals surface area contributed by atoms with E-state index in [1.807, 2.05) is 0 Å². The van der Waals surface area contributed by atoms with Crippen LogP contribution in [-0.4, -0.2) is 36.3 Å². The molecule has 34 heavy (non-hydrogen) atoms. The van der Waals surface area contributed by atoms with Gasteiger partial charge in [-0.25, -0.2) is 13.2 Å². The quantitative estimate of drug-likeness (QED) is 0.578. The van der Waals surface area contributed by atoms with E-state index in [9.17, 15) is 31.2 Å². The zero-order chi connectivity index (χ0) is 24.5. The van der Waals surface area contributed by atoms with Gasteiger partial charge in [-0.3, -0.25) is 9.36 Å². The van der Waals surface area contributed by atoms with Gasteiger partial charge in [-0.2, -0.15) is 17.5 Å². The van der Waals surface area contributed by atoms with Gasteiger partial charge in [-0.1, -0.05) is 12.8 Å². The van der Waals surface area contributed by atoms with Crippen LogP contribution in [0.4, 0.5) is 18.9 Å². The van der Waals surface area contributed by atoms with E-state index in [1.165, 1.54) is 22.5 Å². The molecule has 0 bridgehead atoms. The van der Waals surface area contributed by atoms with Gasteiger partial charge in [0, 0.05) is 24.8 Å². The average Bonchev–Trinajstić information content (AvgIpc) is 2.95. The van der Waals surface area contributed by atoms with Gasteiger partial charge in [-0.15, -0.1) is 0 Å². The molecule has 0 atom stereocenters. The van der Waals surface area contributed by atoms with Crippen LogP contribution >= 0.6 is 0 Å². The molecule has 1 amide bonds. The number of oxazole rings is 1. The predicted octanol–water partition coefficient (Wildman–Crippen LogP) is 3.82. The van der Waals surface area contributed by atoms with Crippen LogP contribution in [0.25, 0.3) is 11.1 Å². The summed E-state index contributed by atoms with van der Waals surface area (Å²) in [5.41, 5.74) is -0.483. The lowest BCUT2D eigenvalue weighted by molar-refractivity contribution is -0.137. The number of amides is 1. The number of nitrogens with one attached hydrogen (secondary N) is 1. The smallest absolute Gasteiger partial charge is 0.408 e. The Morgan fingerprint density at radius 1 is 1.00 bits per heavy atom. The second-order valence-corrected chi connectivity index (χ2v) is 9.96. The molecular formula is C22H22F3N3O5S. The van der Waals surface area contributed by atoms with Crippen LogP contribution in [0, 0.1) is 0 Å². The van der Waals surface area contributed by atoms with Crippen LogP contribution in [0.5, 0.6) is 0 Å². The van der Waals surface area contributed by atoms with Crippen LogP contribution < -0.4 is 11.1 Å². The summed E-state index contributed by atoms with van der Waals surface area (Å²) >= 11 is 0. The highest BCUT2D eigenvalue weighted by Crippen LogP contribution is 2.30. The molecule has 0 saturated carbocycles. The van der Waals surface area contributed by atoms with E-state index in [4.69, 9.17) is 4.42 Å². The van der Waals surface area contributed by atoms with Crippen LogP contribution in [0.2, 0.25) is 0 Å². The Morgan fingerprint density at radius 3 is 2.26 bits per heavy atom. The Bertz CT molecular complexity index is 1350. The van der Waals surface area contributed by atoms with E-state index in [0.717, 1.165) is 54.5 Å². The van der Waals surface area contributed by atoms with Crippen molar-refractivity contribution >= 4 is 32.7 Å². The SMILES string of the molecule is O=C(Cn1c(=O)oc2cc(S(=O)(=O)N3CCCCCC3)ccc21)Nc1ccc(C(F)(F)F)cc1. The molecule has 1 N–H and O–H groups in total. The van der Waals surface area contributed by atoms with Crippen molar-refractivity contribution in [3.8, 4) is 0 Å². The van der Waals surface area contributed by atoms with E-state index in [-0.39, 0.29) is 21.7 Å². The van der Waals surface area contributed by atoms with Gasteiger partial charge in [0.05, 0.1) is 16.0 Å². The molecule has 1 aliphatic heterocycles. The molecule has 3 aromatic rings. The first-order valence-electron chi connectivity index (χ1n) is 10.7. The van der Waals surface area contributed by atoms with E-state index in [1.54, 1.807) is 0 Å². The maximum absolute atomic E-state index is 13.0. The molecule has 1 saturated heterocycles. The molecule has 8 nitrogen and oxygen atoms in total. The van der Waals surface area contributed by atoms with E-state index >= 15 is 0 Å². The van der Waals surface area contributed by atoms with Crippen LogP contribution in [-0.2, 0) is 27.5 Å². The molecule has 2 aromatic carbocycles. The summed E-state index contributed by atoms with van der Waals surface area (Å²) in [7, 11) is -3.76. The van der Waals surface area contributed by atoms with Crippen molar-refractivity contribution in [1.29, 1.82) is 0 Å². The van der Waals surface area contributed by atoms with Gasteiger partial charge in [0.2, 0.25) is 15.9 Å². The minimum Gasteiger partial charge on any atom is -0.408 e. The zero-order valence-electron chi connectivity index (χ0n) is 18.0. The number of anilines is 1. The molecule has 0 spiro atoms. The van der Waals surface area contributed by atoms with Crippen molar-refractivity contribution in [2.24, 2.45) is 0 Å².